The van der Waals surface area contributed by atoms with Gasteiger partial charge >= 0.3 is 0 Å². The molecule has 1 aromatic rings. The predicted octanol–water partition coefficient (Wildman–Crippen LogP) is 2.47. The first kappa shape index (κ1) is 15.1. The lowest BCUT2D eigenvalue weighted by Crippen LogP contribution is -2.33. The molecule has 0 aromatic carbocycles. The molecular formula is C13H25N3O2. The van der Waals surface area contributed by atoms with Crippen molar-refractivity contribution in [2.24, 2.45) is 11.7 Å². The quantitative estimate of drug-likeness (QED) is 0.874. The van der Waals surface area contributed by atoms with E-state index in [4.69, 9.17) is 15.0 Å². The summed E-state index contributed by atoms with van der Waals surface area (Å²) in [6.07, 6.45) is 0.627. The molecule has 0 fully saturated rings. The molecule has 5 heteroatoms. The fourth-order valence-corrected chi connectivity index (χ4v) is 1.68. The monoisotopic (exact) mass is 255 g/mol. The summed E-state index contributed by atoms with van der Waals surface area (Å²) in [4.78, 5) is 4.32. The smallest absolute Gasteiger partial charge is 0.246 e. The van der Waals surface area contributed by atoms with E-state index in [9.17, 15) is 0 Å². The first-order chi connectivity index (χ1) is 8.19. The van der Waals surface area contributed by atoms with E-state index in [1.54, 1.807) is 0 Å². The Labute approximate surface area is 109 Å². The highest BCUT2D eigenvalue weighted by molar-refractivity contribution is 4.95. The number of ether oxygens (including phenoxy) is 1. The van der Waals surface area contributed by atoms with Crippen molar-refractivity contribution in [1.29, 1.82) is 0 Å². The molecule has 0 saturated heterocycles. The maximum Gasteiger partial charge on any atom is 0.246 e. The zero-order valence-corrected chi connectivity index (χ0v) is 12.2. The van der Waals surface area contributed by atoms with Crippen LogP contribution in [0.4, 0.5) is 0 Å². The molecule has 5 nitrogen and oxygen atoms in total. The second-order valence-electron chi connectivity index (χ2n) is 6.11. The molecule has 1 aromatic heterocycles. The molecule has 18 heavy (non-hydrogen) atoms. The Morgan fingerprint density at radius 1 is 1.28 bits per heavy atom. The van der Waals surface area contributed by atoms with Crippen LogP contribution in [0.5, 0.6) is 0 Å². The first-order valence-corrected chi connectivity index (χ1v) is 6.45. The molecular weight excluding hydrogens is 230 g/mol. The van der Waals surface area contributed by atoms with Crippen LogP contribution in [-0.2, 0) is 11.2 Å². The molecule has 0 bridgehead atoms. The van der Waals surface area contributed by atoms with Gasteiger partial charge in [0.2, 0.25) is 5.89 Å². The van der Waals surface area contributed by atoms with Gasteiger partial charge in [-0.2, -0.15) is 4.98 Å². The van der Waals surface area contributed by atoms with E-state index >= 15 is 0 Å². The normalized spacial score (nSPS) is 16.0. The Bertz CT molecular complexity index is 369. The van der Waals surface area contributed by atoms with Gasteiger partial charge in [0, 0.05) is 6.42 Å². The lowest BCUT2D eigenvalue weighted by molar-refractivity contribution is -0.0652. The lowest BCUT2D eigenvalue weighted by Gasteiger charge is -2.27. The van der Waals surface area contributed by atoms with Gasteiger partial charge in [0.15, 0.2) is 5.82 Å². The number of hydrogen-bond donors (Lipinski definition) is 1. The van der Waals surface area contributed by atoms with Crippen LogP contribution in [0.2, 0.25) is 0 Å². The summed E-state index contributed by atoms with van der Waals surface area (Å²) in [7, 11) is 0. The highest BCUT2D eigenvalue weighted by Crippen LogP contribution is 2.20. The maximum atomic E-state index is 6.07. The maximum absolute atomic E-state index is 6.07. The van der Waals surface area contributed by atoms with E-state index < -0.39 is 6.04 Å². The van der Waals surface area contributed by atoms with Crippen LogP contribution < -0.4 is 5.73 Å². The Balaban J connectivity index is 2.66. The average molecular weight is 255 g/mol. The summed E-state index contributed by atoms with van der Waals surface area (Å²) >= 11 is 0. The third-order valence-electron chi connectivity index (χ3n) is 2.40. The molecule has 0 aliphatic carbocycles. The van der Waals surface area contributed by atoms with Crippen LogP contribution in [0.15, 0.2) is 4.52 Å². The van der Waals surface area contributed by atoms with E-state index in [0.717, 1.165) is 6.42 Å². The second kappa shape index (κ2) is 5.80. The van der Waals surface area contributed by atoms with E-state index in [2.05, 4.69) is 24.0 Å². The summed E-state index contributed by atoms with van der Waals surface area (Å²) in [6, 6.07) is -0.391. The van der Waals surface area contributed by atoms with Crippen molar-refractivity contribution < 1.29 is 9.26 Å². The third kappa shape index (κ3) is 4.74. The number of hydrogen-bond acceptors (Lipinski definition) is 5. The fraction of sp³-hybridized carbons (Fsp3) is 0.846. The minimum absolute atomic E-state index is 0.169. The summed E-state index contributed by atoms with van der Waals surface area (Å²) < 4.78 is 11.0. The van der Waals surface area contributed by atoms with E-state index in [1.807, 2.05) is 27.7 Å². The molecule has 104 valence electrons. The Hall–Kier alpha value is -0.940. The summed E-state index contributed by atoms with van der Waals surface area (Å²) in [6.45, 7) is 12.1. The molecule has 2 atom stereocenters. The third-order valence-corrected chi connectivity index (χ3v) is 2.40. The fourth-order valence-electron chi connectivity index (χ4n) is 1.68. The van der Waals surface area contributed by atoms with Gasteiger partial charge in [-0.05, 0) is 33.6 Å². The molecule has 0 unspecified atom stereocenters. The number of aromatic nitrogens is 2. The summed E-state index contributed by atoms with van der Waals surface area (Å²) in [5, 5.41) is 3.93. The van der Waals surface area contributed by atoms with E-state index in [-0.39, 0.29) is 11.7 Å². The van der Waals surface area contributed by atoms with Crippen molar-refractivity contribution in [3.8, 4) is 0 Å². The predicted molar refractivity (Wildman–Crippen MR) is 70.1 cm³/mol. The van der Waals surface area contributed by atoms with Crippen molar-refractivity contribution in [3.05, 3.63) is 11.7 Å². The highest BCUT2D eigenvalue weighted by Gasteiger charge is 2.26. The van der Waals surface area contributed by atoms with Gasteiger partial charge in [-0.1, -0.05) is 19.0 Å². The molecule has 0 amide bonds. The topological polar surface area (TPSA) is 74.2 Å². The van der Waals surface area contributed by atoms with E-state index in [1.165, 1.54) is 0 Å². The molecule has 1 rings (SSSR count). The van der Waals surface area contributed by atoms with Crippen molar-refractivity contribution >= 4 is 0 Å². The molecule has 1 heterocycles. The van der Waals surface area contributed by atoms with Crippen LogP contribution in [0.3, 0.4) is 0 Å². The number of nitrogens with zero attached hydrogens (tertiary/aromatic N) is 2. The Kier molecular flexibility index (Phi) is 4.87. The second-order valence-corrected chi connectivity index (χ2v) is 6.11. The van der Waals surface area contributed by atoms with Gasteiger partial charge < -0.3 is 15.0 Å². The number of nitrogens with two attached hydrogens (primary N) is 1. The van der Waals surface area contributed by atoms with Crippen molar-refractivity contribution in [1.82, 2.24) is 10.1 Å². The highest BCUT2D eigenvalue weighted by atomic mass is 16.5. The van der Waals surface area contributed by atoms with Gasteiger partial charge in [-0.3, -0.25) is 0 Å². The average Bonchev–Trinajstić information content (AvgIpc) is 2.61. The minimum atomic E-state index is -0.391. The largest absolute Gasteiger partial charge is 0.371 e. The molecule has 0 aliphatic rings. The molecule has 0 saturated carbocycles. The van der Waals surface area contributed by atoms with Crippen LogP contribution >= 0.6 is 0 Å². The zero-order valence-electron chi connectivity index (χ0n) is 12.2. The minimum Gasteiger partial charge on any atom is -0.371 e. The number of rotatable bonds is 5. The molecule has 0 spiro atoms. The van der Waals surface area contributed by atoms with Crippen LogP contribution in [0.1, 0.15) is 59.3 Å². The van der Waals surface area contributed by atoms with Crippen molar-refractivity contribution in [3.63, 3.8) is 0 Å². The van der Waals surface area contributed by atoms with Crippen LogP contribution in [0.25, 0.3) is 0 Å². The van der Waals surface area contributed by atoms with E-state index in [0.29, 0.717) is 17.6 Å². The van der Waals surface area contributed by atoms with Crippen LogP contribution in [-0.4, -0.2) is 21.8 Å². The van der Waals surface area contributed by atoms with Gasteiger partial charge in [-0.15, -0.1) is 0 Å². The zero-order chi connectivity index (χ0) is 13.9. The summed E-state index contributed by atoms with van der Waals surface area (Å²) in [5.74, 6) is 1.65. The van der Waals surface area contributed by atoms with Crippen molar-refractivity contribution in [2.75, 3.05) is 0 Å². The Morgan fingerprint density at radius 3 is 2.39 bits per heavy atom. The molecule has 0 aliphatic heterocycles. The standard InChI is InChI=1S/C13H25N3O2/c1-8(2)7-10-15-12(18-16-10)11(14)9(3)17-13(4,5)6/h8-9,11H,7,14H2,1-6H3/t9-,11+/m1/s1. The summed E-state index contributed by atoms with van der Waals surface area (Å²) in [5.41, 5.74) is 5.83. The van der Waals surface area contributed by atoms with Crippen LogP contribution in [0, 0.1) is 5.92 Å². The molecule has 2 N–H and O–H groups in total. The SMILES string of the molecule is CC(C)Cc1noc([C@@H](N)[C@@H](C)OC(C)(C)C)n1. The van der Waals surface area contributed by atoms with Gasteiger partial charge in [0.25, 0.3) is 0 Å². The van der Waals surface area contributed by atoms with Gasteiger partial charge in [0.1, 0.15) is 6.04 Å². The van der Waals surface area contributed by atoms with Crippen molar-refractivity contribution in [2.45, 2.75) is 65.7 Å². The Morgan fingerprint density at radius 2 is 1.89 bits per heavy atom. The van der Waals surface area contributed by atoms with Gasteiger partial charge in [0.05, 0.1) is 11.7 Å². The molecule has 0 radical (unpaired) electrons. The lowest BCUT2D eigenvalue weighted by atomic mass is 10.1. The first-order valence-electron chi connectivity index (χ1n) is 6.45. The van der Waals surface area contributed by atoms with Gasteiger partial charge in [-0.25, -0.2) is 0 Å².